The molecule has 7 nitrogen and oxygen atoms in total. The third-order valence-electron chi connectivity index (χ3n) is 3.11. The van der Waals surface area contributed by atoms with Crippen molar-refractivity contribution in [3.8, 4) is 11.7 Å². The van der Waals surface area contributed by atoms with Crippen molar-refractivity contribution in [3.63, 3.8) is 0 Å². The molecule has 0 aliphatic heterocycles. The summed E-state index contributed by atoms with van der Waals surface area (Å²) in [5.74, 6) is 1.33. The van der Waals surface area contributed by atoms with E-state index in [1.807, 2.05) is 12.3 Å². The van der Waals surface area contributed by atoms with E-state index in [1.165, 1.54) is 29.2 Å². The van der Waals surface area contributed by atoms with Gasteiger partial charge in [-0.2, -0.15) is 0 Å². The molecule has 9 heteroatoms. The Balaban J connectivity index is 1.54. The molecule has 0 saturated heterocycles. The van der Waals surface area contributed by atoms with Gasteiger partial charge in [-0.05, 0) is 19.1 Å². The van der Waals surface area contributed by atoms with Crippen LogP contribution in [0.25, 0.3) is 16.6 Å². The van der Waals surface area contributed by atoms with Gasteiger partial charge in [-0.3, -0.25) is 9.20 Å². The Morgan fingerprint density at radius 2 is 2.30 bits per heavy atom. The zero-order valence-corrected chi connectivity index (χ0v) is 13.6. The molecule has 0 amide bonds. The molecule has 0 saturated carbocycles. The monoisotopic (exact) mass is 346 g/mol. The second-order valence-corrected chi connectivity index (χ2v) is 6.48. The number of hydrogen-bond donors (Lipinski definition) is 0. The molecule has 0 bridgehead atoms. The number of fused-ring (bicyclic) bond motifs is 1. The van der Waals surface area contributed by atoms with Crippen molar-refractivity contribution < 1.29 is 8.83 Å². The van der Waals surface area contributed by atoms with Crippen molar-refractivity contribution in [2.24, 2.45) is 0 Å². The lowest BCUT2D eigenvalue weighted by atomic mass is 10.4. The Bertz CT molecular complexity index is 1020. The summed E-state index contributed by atoms with van der Waals surface area (Å²) in [5.41, 5.74) is 1.49. The molecule has 116 valence electrons. The first-order valence-corrected chi connectivity index (χ1v) is 8.54. The highest BCUT2D eigenvalue weighted by Gasteiger charge is 2.12. The number of aromatic nitrogens is 4. The minimum Gasteiger partial charge on any atom is -0.459 e. The highest BCUT2D eigenvalue weighted by atomic mass is 32.2. The second-order valence-electron chi connectivity index (χ2n) is 4.72. The third kappa shape index (κ3) is 2.68. The molecule has 0 radical (unpaired) electrons. The van der Waals surface area contributed by atoms with Crippen LogP contribution in [-0.2, 0) is 5.75 Å². The number of rotatable bonds is 4. The van der Waals surface area contributed by atoms with E-state index in [9.17, 15) is 4.79 Å². The van der Waals surface area contributed by atoms with Crippen LogP contribution in [0.2, 0.25) is 0 Å². The number of hydrogen-bond acceptors (Lipinski definition) is 8. The van der Waals surface area contributed by atoms with Gasteiger partial charge in [0.25, 0.3) is 16.7 Å². The molecule has 23 heavy (non-hydrogen) atoms. The van der Waals surface area contributed by atoms with Crippen LogP contribution in [0.3, 0.4) is 0 Å². The standard InChI is InChI=1S/C14H10N4O3S2/c1-8-6-22-13-15-9(5-11(19)18(8)13)7-23-14-17-16-12(21-14)10-3-2-4-20-10/h2-6H,7H2,1H3. The van der Waals surface area contributed by atoms with E-state index in [1.54, 1.807) is 22.8 Å². The van der Waals surface area contributed by atoms with Crippen LogP contribution >= 0.6 is 23.1 Å². The molecule has 0 atom stereocenters. The molecule has 4 aromatic rings. The maximum atomic E-state index is 12.1. The molecule has 4 heterocycles. The van der Waals surface area contributed by atoms with Gasteiger partial charge in [-0.1, -0.05) is 11.8 Å². The molecule has 0 fully saturated rings. The minimum absolute atomic E-state index is 0.0776. The summed E-state index contributed by atoms with van der Waals surface area (Å²) in [5, 5.41) is 10.2. The van der Waals surface area contributed by atoms with Crippen LogP contribution in [0, 0.1) is 6.92 Å². The first kappa shape index (κ1) is 14.2. The lowest BCUT2D eigenvalue weighted by molar-refractivity contribution is 0.447. The molecule has 0 aliphatic rings. The highest BCUT2D eigenvalue weighted by molar-refractivity contribution is 7.98. The zero-order chi connectivity index (χ0) is 15.8. The summed E-state index contributed by atoms with van der Waals surface area (Å²) in [4.78, 5) is 17.3. The fraction of sp³-hybridized carbons (Fsp3) is 0.143. The van der Waals surface area contributed by atoms with Crippen LogP contribution in [0.15, 0.2) is 48.7 Å². The topological polar surface area (TPSA) is 86.4 Å². The highest BCUT2D eigenvalue weighted by Crippen LogP contribution is 2.25. The number of nitrogens with zero attached hydrogens (tertiary/aromatic N) is 4. The Labute approximate surface area is 138 Å². The van der Waals surface area contributed by atoms with E-state index < -0.39 is 0 Å². The molecule has 0 spiro atoms. The lowest BCUT2D eigenvalue weighted by Gasteiger charge is -1.99. The van der Waals surface area contributed by atoms with Crippen LogP contribution in [-0.4, -0.2) is 19.6 Å². The molecular weight excluding hydrogens is 336 g/mol. The van der Waals surface area contributed by atoms with Crippen LogP contribution < -0.4 is 5.56 Å². The lowest BCUT2D eigenvalue weighted by Crippen LogP contribution is -2.14. The SMILES string of the molecule is Cc1csc2nc(CSc3nnc(-c4ccco4)o3)cc(=O)n12. The fourth-order valence-corrected chi connectivity index (χ4v) is 3.62. The molecule has 4 aromatic heterocycles. The van der Waals surface area contributed by atoms with Crippen LogP contribution in [0.5, 0.6) is 0 Å². The smallest absolute Gasteiger partial charge is 0.284 e. The number of aryl methyl sites for hydroxylation is 1. The van der Waals surface area contributed by atoms with Crippen LogP contribution in [0.4, 0.5) is 0 Å². The fourth-order valence-electron chi connectivity index (χ4n) is 2.08. The summed E-state index contributed by atoms with van der Waals surface area (Å²) >= 11 is 2.77. The van der Waals surface area contributed by atoms with Gasteiger partial charge in [-0.15, -0.1) is 21.5 Å². The van der Waals surface area contributed by atoms with Gasteiger partial charge in [0.2, 0.25) is 0 Å². The predicted molar refractivity (Wildman–Crippen MR) is 85.6 cm³/mol. The first-order valence-electron chi connectivity index (χ1n) is 6.67. The normalized spacial score (nSPS) is 11.3. The second kappa shape index (κ2) is 5.67. The summed E-state index contributed by atoms with van der Waals surface area (Å²) in [6.45, 7) is 1.88. The Hall–Kier alpha value is -2.39. The van der Waals surface area contributed by atoms with Gasteiger partial charge >= 0.3 is 0 Å². The van der Waals surface area contributed by atoms with Crippen molar-refractivity contribution in [3.05, 3.63) is 51.6 Å². The number of thioether (sulfide) groups is 1. The average molecular weight is 346 g/mol. The predicted octanol–water partition coefficient (Wildman–Crippen LogP) is 3.00. The molecular formula is C14H10N4O3S2. The van der Waals surface area contributed by atoms with Crippen molar-refractivity contribution in [2.75, 3.05) is 0 Å². The molecule has 4 rings (SSSR count). The van der Waals surface area contributed by atoms with Gasteiger partial charge in [0.05, 0.1) is 12.0 Å². The van der Waals surface area contributed by atoms with E-state index >= 15 is 0 Å². The Morgan fingerprint density at radius 1 is 1.39 bits per heavy atom. The molecule has 0 N–H and O–H groups in total. The van der Waals surface area contributed by atoms with Crippen LogP contribution in [0.1, 0.15) is 11.4 Å². The van der Waals surface area contributed by atoms with E-state index in [-0.39, 0.29) is 5.56 Å². The van der Waals surface area contributed by atoms with Crippen molar-refractivity contribution in [2.45, 2.75) is 17.9 Å². The minimum atomic E-state index is -0.0776. The Morgan fingerprint density at radius 3 is 3.13 bits per heavy atom. The summed E-state index contributed by atoms with van der Waals surface area (Å²) in [7, 11) is 0. The van der Waals surface area contributed by atoms with Gasteiger partial charge in [-0.25, -0.2) is 4.98 Å². The van der Waals surface area contributed by atoms with E-state index in [2.05, 4.69) is 15.2 Å². The van der Waals surface area contributed by atoms with Gasteiger partial charge in [0.15, 0.2) is 10.7 Å². The summed E-state index contributed by atoms with van der Waals surface area (Å²) < 4.78 is 12.3. The quantitative estimate of drug-likeness (QED) is 0.525. The third-order valence-corrected chi connectivity index (χ3v) is 4.91. The molecule has 0 aromatic carbocycles. The van der Waals surface area contributed by atoms with Crippen molar-refractivity contribution in [1.29, 1.82) is 0 Å². The maximum Gasteiger partial charge on any atom is 0.284 e. The van der Waals surface area contributed by atoms with Crippen molar-refractivity contribution in [1.82, 2.24) is 19.6 Å². The maximum absolute atomic E-state index is 12.1. The Kier molecular flexibility index (Phi) is 3.50. The van der Waals surface area contributed by atoms with E-state index in [4.69, 9.17) is 8.83 Å². The molecule has 0 aliphatic carbocycles. The average Bonchev–Trinajstić information content (AvgIpc) is 3.25. The number of furan rings is 1. The first-order chi connectivity index (χ1) is 11.2. The van der Waals surface area contributed by atoms with Gasteiger partial charge < -0.3 is 8.83 Å². The van der Waals surface area contributed by atoms with E-state index in [0.717, 1.165) is 5.69 Å². The molecule has 0 unspecified atom stereocenters. The zero-order valence-electron chi connectivity index (χ0n) is 11.9. The van der Waals surface area contributed by atoms with Crippen molar-refractivity contribution >= 4 is 28.1 Å². The summed E-state index contributed by atoms with van der Waals surface area (Å²) in [6.07, 6.45) is 1.54. The van der Waals surface area contributed by atoms with Gasteiger partial charge in [0, 0.05) is 22.9 Å². The number of thiazole rings is 1. The summed E-state index contributed by atoms with van der Waals surface area (Å²) in [6, 6.07) is 5.03. The van der Waals surface area contributed by atoms with Gasteiger partial charge in [0.1, 0.15) is 0 Å². The van der Waals surface area contributed by atoms with E-state index in [0.29, 0.717) is 33.3 Å². The largest absolute Gasteiger partial charge is 0.459 e.